The van der Waals surface area contributed by atoms with Crippen molar-refractivity contribution in [1.29, 1.82) is 0 Å². The van der Waals surface area contributed by atoms with Crippen molar-refractivity contribution in [3.8, 4) is 46.1 Å². The van der Waals surface area contributed by atoms with Crippen LogP contribution in [-0.4, -0.2) is 95.2 Å². The Morgan fingerprint density at radius 2 is 0.818 bits per heavy atom. The van der Waals surface area contributed by atoms with Gasteiger partial charge in [0.1, 0.15) is 0 Å². The first-order valence-corrected chi connectivity index (χ1v) is 32.2. The quantitative estimate of drug-likeness (QED) is 0.0204. The Labute approximate surface area is 504 Å². The third kappa shape index (κ3) is 31.2. The molecule has 8 rings (SSSR count). The summed E-state index contributed by atoms with van der Waals surface area (Å²) in [5.74, 6) is 2.48. The van der Waals surface area contributed by atoms with Crippen LogP contribution in [-0.2, 0) is 71.4 Å². The van der Waals surface area contributed by atoms with Gasteiger partial charge in [-0.15, -0.1) is 0 Å². The Bertz CT molecular complexity index is 2240. The van der Waals surface area contributed by atoms with Gasteiger partial charge in [-0.1, -0.05) is 165 Å². The molecule has 0 atom stereocenters. The SMILES string of the molecule is CCCCCCCCCCN1C=CN(C)[CH-]1.CCCCCCCCCCN1C=CN(C)[CH-]1.O=S(=O)([O-])C(F)(F)F.[Au+3].[Br][Ag].[Cl][Au].c1cc(-c2ncc[n-]2)nc(-c2ncc[n-]2)c1.c1cc(-c2ncc[n-]2)nc(-c2ncc[n-]2)c1. The number of aromatic nitrogens is 10. The van der Waals surface area contributed by atoms with Gasteiger partial charge in [0.15, 0.2) is 10.1 Å². The fraction of sp³-hybridized carbons (Fsp3) is 0.451. The summed E-state index contributed by atoms with van der Waals surface area (Å²) in [5.41, 5.74) is -2.73. The van der Waals surface area contributed by atoms with Crippen LogP contribution in [0.3, 0.4) is 0 Å². The number of alkyl halides is 3. The van der Waals surface area contributed by atoms with Gasteiger partial charge in [0, 0.05) is 0 Å². The minimum Gasteiger partial charge on any atom is -0.441 e. The van der Waals surface area contributed by atoms with Crippen LogP contribution in [0.25, 0.3) is 46.1 Å². The van der Waals surface area contributed by atoms with Crippen LogP contribution in [0.4, 0.5) is 13.2 Å². The summed E-state index contributed by atoms with van der Waals surface area (Å²) in [7, 11) is 2.64. The second kappa shape index (κ2) is 43.3. The van der Waals surface area contributed by atoms with E-state index in [1.165, 1.54) is 116 Å². The molecule has 0 radical (unpaired) electrons. The second-order valence-electron chi connectivity index (χ2n) is 16.8. The molecule has 2 aliphatic heterocycles. The summed E-state index contributed by atoms with van der Waals surface area (Å²) >= 11 is 7.26. The largest absolute Gasteiger partial charge is 0.441 e. The monoisotopic (exact) mass is 1630 g/mol. The van der Waals surface area contributed by atoms with E-state index in [9.17, 15) is 13.2 Å². The van der Waals surface area contributed by atoms with Crippen molar-refractivity contribution in [2.75, 3.05) is 27.2 Å². The molecule has 0 fully saturated rings. The Kier molecular flexibility index (Phi) is 40.2. The number of nitrogens with zero attached hydrogens (tertiary/aromatic N) is 14. The van der Waals surface area contributed by atoms with E-state index in [1.54, 1.807) is 69.6 Å². The molecule has 6 aromatic rings. The van der Waals surface area contributed by atoms with Crippen LogP contribution >= 0.6 is 22.2 Å². The van der Waals surface area contributed by atoms with Crippen LogP contribution in [0.5, 0.6) is 0 Å². The Balaban J connectivity index is 0.000000479. The van der Waals surface area contributed by atoms with Crippen molar-refractivity contribution < 1.29 is 87.4 Å². The van der Waals surface area contributed by atoms with Crippen molar-refractivity contribution in [1.82, 2.24) is 69.4 Å². The average molecular weight is 1630 g/mol. The molecule has 0 aliphatic carbocycles. The molecular weight excluding hydrogens is 1560 g/mol. The van der Waals surface area contributed by atoms with Crippen molar-refractivity contribution >= 4 is 32.3 Å². The van der Waals surface area contributed by atoms with E-state index in [-0.39, 0.29) is 22.4 Å². The van der Waals surface area contributed by atoms with Gasteiger partial charge in [0.2, 0.25) is 0 Å². The van der Waals surface area contributed by atoms with Gasteiger partial charge in [-0.25, -0.2) is 18.4 Å². The Morgan fingerprint density at radius 1 is 0.558 bits per heavy atom. The van der Waals surface area contributed by atoms with Crippen molar-refractivity contribution in [2.45, 2.75) is 122 Å². The van der Waals surface area contributed by atoms with E-state index in [0.29, 0.717) is 23.3 Å². The summed E-state index contributed by atoms with van der Waals surface area (Å²) in [6.45, 7) is 11.2. The predicted molar refractivity (Wildman–Crippen MR) is 286 cm³/mol. The van der Waals surface area contributed by atoms with Crippen LogP contribution in [0.1, 0.15) is 117 Å². The summed E-state index contributed by atoms with van der Waals surface area (Å²) in [4.78, 5) is 50.3. The smallest absolute Gasteiger partial charge is 0.0627 e. The molecule has 0 bridgehead atoms. The van der Waals surface area contributed by atoms with Crippen molar-refractivity contribution in [3.05, 3.63) is 124 Å². The van der Waals surface area contributed by atoms with Crippen LogP contribution in [0, 0.1) is 13.3 Å². The fourth-order valence-electron chi connectivity index (χ4n) is 6.99. The molecule has 438 valence electrons. The molecular formula is C51H68AgAu2BrClF3N14O3S-4. The van der Waals surface area contributed by atoms with Gasteiger partial charge in [-0.3, -0.25) is 0 Å². The van der Waals surface area contributed by atoms with E-state index in [2.05, 4.69) is 177 Å². The summed E-state index contributed by atoms with van der Waals surface area (Å²) in [6, 6.07) is 11.2. The molecule has 0 saturated heterocycles. The van der Waals surface area contributed by atoms with Gasteiger partial charge in [-0.2, -0.15) is 26.5 Å². The third-order valence-corrected chi connectivity index (χ3v) is 11.3. The standard InChI is InChI=1S/2C14H27N2.2C11H7N5.CHF3O3S.Ag.2Au.BrH.ClH/c2*1-3-4-5-6-7-8-9-10-11-16-13-12-15(2)14-16;2*1-2-8(10-12-4-5-13-10)16-9(3-1)11-14-6-7-15-11;2-1(3,4)8(5,6)7;;;;;/h2*12-14H,3-11H2,1-2H3;2*1-7H;(H,5,6,7);;;;2*1H/q2*-1;2*-2;;2*+1;+3;;/p-3. The first kappa shape index (κ1) is 71.5. The van der Waals surface area contributed by atoms with E-state index >= 15 is 0 Å². The van der Waals surface area contributed by atoms with Crippen LogP contribution in [0.2, 0.25) is 0 Å². The van der Waals surface area contributed by atoms with Crippen molar-refractivity contribution in [3.63, 3.8) is 0 Å². The van der Waals surface area contributed by atoms with Gasteiger partial charge >= 0.3 is 89.0 Å². The minimum atomic E-state index is -6.09. The van der Waals surface area contributed by atoms with Gasteiger partial charge in [-0.05, 0) is 112 Å². The zero-order valence-electron chi connectivity index (χ0n) is 43.5. The molecule has 0 aromatic carbocycles. The number of halogens is 5. The molecule has 2 aliphatic rings. The van der Waals surface area contributed by atoms with E-state index < -0.39 is 15.6 Å². The molecule has 0 unspecified atom stereocenters. The molecule has 6 aromatic heterocycles. The molecule has 0 N–H and O–H groups in total. The van der Waals surface area contributed by atoms with E-state index in [4.69, 9.17) is 13.0 Å². The molecule has 0 saturated carbocycles. The van der Waals surface area contributed by atoms with Crippen LogP contribution < -0.4 is 19.9 Å². The summed E-state index contributed by atoms with van der Waals surface area (Å²) < 4.78 is 58.9. The maximum absolute atomic E-state index is 10.7. The zero-order valence-corrected chi connectivity index (χ0v) is 52.4. The maximum Gasteiger partial charge on any atom is 0.0627 e. The first-order chi connectivity index (χ1) is 36.8. The Hall–Kier alpha value is -3.49. The molecule has 17 nitrogen and oxygen atoms in total. The van der Waals surface area contributed by atoms with E-state index in [0.717, 1.165) is 22.8 Å². The number of rotatable bonds is 22. The molecule has 26 heteroatoms. The molecule has 77 heavy (non-hydrogen) atoms. The number of pyridine rings is 2. The number of hydrogen-bond acceptors (Lipinski definition) is 13. The fourth-order valence-corrected chi connectivity index (χ4v) is 6.99. The van der Waals surface area contributed by atoms with Gasteiger partial charge in [0.05, 0.1) is 22.8 Å². The minimum absolute atomic E-state index is 0. The van der Waals surface area contributed by atoms with Crippen LogP contribution in [0.15, 0.2) is 111 Å². The summed E-state index contributed by atoms with van der Waals surface area (Å²) in [6.07, 6.45) is 44.0. The third-order valence-electron chi connectivity index (χ3n) is 10.7. The zero-order chi connectivity index (χ0) is 55.9. The van der Waals surface area contributed by atoms with Gasteiger partial charge < -0.3 is 64.0 Å². The number of unbranched alkanes of at least 4 members (excludes halogenated alkanes) is 14. The average Bonchev–Trinajstić information content (AvgIpc) is 4.29. The Morgan fingerprint density at radius 3 is 1.03 bits per heavy atom. The normalized spacial score (nSPS) is 12.3. The molecule has 0 amide bonds. The predicted octanol–water partition coefficient (Wildman–Crippen LogP) is 11.7. The summed E-state index contributed by atoms with van der Waals surface area (Å²) in [5, 5.41) is 0. The van der Waals surface area contributed by atoms with E-state index in [1.807, 2.05) is 36.4 Å². The molecule has 0 spiro atoms. The van der Waals surface area contributed by atoms with Gasteiger partial charge in [0.25, 0.3) is 0 Å². The molecule has 8 heterocycles. The number of hydrogen-bond donors (Lipinski definition) is 0. The number of imidazole rings is 4. The van der Waals surface area contributed by atoms with Crippen molar-refractivity contribution in [2.24, 2.45) is 0 Å². The second-order valence-corrected chi connectivity index (χ2v) is 18.2. The first-order valence-electron chi connectivity index (χ1n) is 24.7. The maximum atomic E-state index is 10.7. The topological polar surface area (TPSA) is 204 Å².